The minimum absolute atomic E-state index is 0.0690. The second-order valence-electron chi connectivity index (χ2n) is 5.65. The first-order valence-electron chi connectivity index (χ1n) is 7.95. The summed E-state index contributed by atoms with van der Waals surface area (Å²) >= 11 is 0. The van der Waals surface area contributed by atoms with E-state index in [9.17, 15) is 26.7 Å². The zero-order valence-electron chi connectivity index (χ0n) is 14.4. The molecule has 2 aromatic carbocycles. The van der Waals surface area contributed by atoms with E-state index in [0.29, 0.717) is 0 Å². The van der Waals surface area contributed by atoms with Gasteiger partial charge in [0.25, 0.3) is 5.91 Å². The van der Waals surface area contributed by atoms with Crippen molar-refractivity contribution in [2.45, 2.75) is 12.7 Å². The summed E-state index contributed by atoms with van der Waals surface area (Å²) in [4.78, 5) is 12.7. The van der Waals surface area contributed by atoms with E-state index in [4.69, 9.17) is 0 Å². The molecule has 0 unspecified atom stereocenters. The molecule has 12 heteroatoms. The van der Waals surface area contributed by atoms with Crippen LogP contribution in [0.5, 0.6) is 0 Å². The second kappa shape index (κ2) is 8.12. The normalized spacial score (nSPS) is 11.8. The molecule has 0 spiro atoms. The summed E-state index contributed by atoms with van der Waals surface area (Å²) in [6.07, 6.45) is -3.73. The van der Waals surface area contributed by atoms with Gasteiger partial charge >= 0.3 is 6.18 Å². The molecular weight excluding hydrogens is 399 g/mol. The smallest absolute Gasteiger partial charge is 0.271 e. The van der Waals surface area contributed by atoms with E-state index in [1.807, 2.05) is 5.43 Å². The van der Waals surface area contributed by atoms with Gasteiger partial charge < -0.3 is 0 Å². The Hall–Kier alpha value is -3.70. The number of amides is 1. The van der Waals surface area contributed by atoms with E-state index in [1.165, 1.54) is 18.2 Å². The van der Waals surface area contributed by atoms with Crippen molar-refractivity contribution in [3.8, 4) is 11.4 Å². The molecule has 150 valence electrons. The van der Waals surface area contributed by atoms with Crippen LogP contribution in [-0.4, -0.2) is 32.3 Å². The summed E-state index contributed by atoms with van der Waals surface area (Å²) in [6, 6.07) is 7.55. The van der Waals surface area contributed by atoms with Crippen molar-refractivity contribution in [2.75, 3.05) is 0 Å². The highest BCUT2D eigenvalue weighted by Gasteiger charge is 2.30. The molecule has 0 saturated carbocycles. The van der Waals surface area contributed by atoms with Gasteiger partial charge in [-0.1, -0.05) is 18.2 Å². The third-order valence-corrected chi connectivity index (χ3v) is 3.57. The van der Waals surface area contributed by atoms with Crippen LogP contribution >= 0.6 is 0 Å². The van der Waals surface area contributed by atoms with E-state index >= 15 is 0 Å². The third-order valence-electron chi connectivity index (χ3n) is 3.57. The fourth-order valence-electron chi connectivity index (χ4n) is 2.23. The van der Waals surface area contributed by atoms with Crippen molar-refractivity contribution in [1.29, 1.82) is 0 Å². The monoisotopic (exact) mass is 410 g/mol. The van der Waals surface area contributed by atoms with Crippen LogP contribution in [0.25, 0.3) is 11.4 Å². The molecule has 1 N–H and O–H groups in total. The lowest BCUT2D eigenvalue weighted by Crippen LogP contribution is -2.24. The summed E-state index contributed by atoms with van der Waals surface area (Å²) in [5.41, 5.74) is 0.793. The Labute approximate surface area is 159 Å². The van der Waals surface area contributed by atoms with Crippen molar-refractivity contribution in [1.82, 2.24) is 25.6 Å². The number of nitrogens with one attached hydrogen (secondary N) is 1. The first kappa shape index (κ1) is 20.0. The van der Waals surface area contributed by atoms with Crippen LogP contribution < -0.4 is 5.43 Å². The number of nitrogens with zero attached hydrogens (tertiary/aromatic N) is 5. The van der Waals surface area contributed by atoms with Crippen LogP contribution in [0.3, 0.4) is 0 Å². The Bertz CT molecular complexity index is 1040. The Kier molecular flexibility index (Phi) is 5.61. The number of carbonyl (C=O) groups is 1. The average molecular weight is 410 g/mol. The fourth-order valence-corrected chi connectivity index (χ4v) is 2.23. The quantitative estimate of drug-likeness (QED) is 0.398. The number of rotatable bonds is 5. The molecule has 0 fully saturated rings. The minimum atomic E-state index is -4.53. The van der Waals surface area contributed by atoms with Crippen molar-refractivity contribution in [3.05, 3.63) is 65.2 Å². The fraction of sp³-hybridized carbons (Fsp3) is 0.118. The molecule has 0 radical (unpaired) electrons. The van der Waals surface area contributed by atoms with Crippen LogP contribution in [-0.2, 0) is 17.5 Å². The highest BCUT2D eigenvalue weighted by Crippen LogP contribution is 2.31. The topological polar surface area (TPSA) is 85.1 Å². The van der Waals surface area contributed by atoms with Crippen molar-refractivity contribution < 1.29 is 26.7 Å². The molecular formula is C17H11F5N6O. The molecule has 0 aliphatic rings. The molecule has 1 amide bonds. The number of hydrogen-bond acceptors (Lipinski definition) is 5. The van der Waals surface area contributed by atoms with Gasteiger partial charge in [-0.05, 0) is 29.5 Å². The summed E-state index contributed by atoms with van der Waals surface area (Å²) in [5.74, 6) is -2.56. The molecule has 0 bridgehead atoms. The number of benzene rings is 2. The maximum Gasteiger partial charge on any atom is 0.416 e. The number of alkyl halides is 3. The Balaban J connectivity index is 1.64. The number of hydrogen-bond donors (Lipinski definition) is 1. The van der Waals surface area contributed by atoms with E-state index in [-0.39, 0.29) is 11.4 Å². The minimum Gasteiger partial charge on any atom is -0.271 e. The standard InChI is InChI=1S/C17H11F5N6O/c18-13-5-2-6-14(19)12(13)8-23-24-15(29)9-28-26-16(25-27-28)10-3-1-4-11(7-10)17(20,21)22/h1-8H,9H2,(H,24,29)/b23-8-. The van der Waals surface area contributed by atoms with E-state index in [0.717, 1.165) is 35.3 Å². The summed E-state index contributed by atoms with van der Waals surface area (Å²) in [6.45, 7) is -0.469. The van der Waals surface area contributed by atoms with Crippen molar-refractivity contribution in [2.24, 2.45) is 5.10 Å². The number of aromatic nitrogens is 4. The molecule has 1 aromatic heterocycles. The van der Waals surface area contributed by atoms with E-state index < -0.39 is 41.4 Å². The highest BCUT2D eigenvalue weighted by molar-refractivity contribution is 5.82. The molecule has 0 atom stereocenters. The Morgan fingerprint density at radius 2 is 1.83 bits per heavy atom. The van der Waals surface area contributed by atoms with Gasteiger partial charge in [0, 0.05) is 5.56 Å². The predicted octanol–water partition coefficient (Wildman–Crippen LogP) is 2.79. The first-order chi connectivity index (χ1) is 13.7. The van der Waals surface area contributed by atoms with Crippen LogP contribution in [0, 0.1) is 11.6 Å². The van der Waals surface area contributed by atoms with Gasteiger partial charge in [-0.25, -0.2) is 14.2 Å². The Morgan fingerprint density at radius 1 is 1.14 bits per heavy atom. The summed E-state index contributed by atoms with van der Waals surface area (Å²) < 4.78 is 65.2. The number of tetrazole rings is 1. The lowest BCUT2D eigenvalue weighted by atomic mass is 10.1. The zero-order chi connectivity index (χ0) is 21.0. The molecule has 0 saturated heterocycles. The lowest BCUT2D eigenvalue weighted by molar-refractivity contribution is -0.137. The first-order valence-corrected chi connectivity index (χ1v) is 7.95. The van der Waals surface area contributed by atoms with Gasteiger partial charge in [0.05, 0.1) is 17.3 Å². The van der Waals surface area contributed by atoms with Crippen LogP contribution in [0.1, 0.15) is 11.1 Å². The molecule has 0 aliphatic carbocycles. The van der Waals surface area contributed by atoms with Crippen LogP contribution in [0.15, 0.2) is 47.6 Å². The predicted molar refractivity (Wildman–Crippen MR) is 90.3 cm³/mol. The van der Waals surface area contributed by atoms with Crippen LogP contribution in [0.4, 0.5) is 22.0 Å². The van der Waals surface area contributed by atoms with Crippen LogP contribution in [0.2, 0.25) is 0 Å². The molecule has 3 rings (SSSR count). The SMILES string of the molecule is O=C(Cn1nnc(-c2cccc(C(F)(F)F)c2)n1)N/N=C\c1c(F)cccc1F. The molecule has 0 aliphatic heterocycles. The summed E-state index contributed by atoms with van der Waals surface area (Å²) in [5, 5.41) is 14.5. The maximum absolute atomic E-state index is 13.4. The van der Waals surface area contributed by atoms with E-state index in [2.05, 4.69) is 20.5 Å². The van der Waals surface area contributed by atoms with Gasteiger partial charge in [0.15, 0.2) is 0 Å². The molecule has 1 heterocycles. The van der Waals surface area contributed by atoms with E-state index in [1.54, 1.807) is 0 Å². The second-order valence-corrected chi connectivity index (χ2v) is 5.65. The number of halogens is 5. The summed E-state index contributed by atoms with van der Waals surface area (Å²) in [7, 11) is 0. The number of carbonyl (C=O) groups excluding carboxylic acids is 1. The van der Waals surface area contributed by atoms with Gasteiger partial charge in [-0.3, -0.25) is 4.79 Å². The average Bonchev–Trinajstić information content (AvgIpc) is 3.12. The van der Waals surface area contributed by atoms with Crippen molar-refractivity contribution >= 4 is 12.1 Å². The van der Waals surface area contributed by atoms with Gasteiger partial charge in [-0.2, -0.15) is 23.1 Å². The highest BCUT2D eigenvalue weighted by atomic mass is 19.4. The van der Waals surface area contributed by atoms with Crippen molar-refractivity contribution in [3.63, 3.8) is 0 Å². The Morgan fingerprint density at radius 3 is 2.52 bits per heavy atom. The maximum atomic E-state index is 13.4. The molecule has 29 heavy (non-hydrogen) atoms. The molecule has 3 aromatic rings. The largest absolute Gasteiger partial charge is 0.416 e. The number of hydrazone groups is 1. The van der Waals surface area contributed by atoms with Gasteiger partial charge in [0.1, 0.15) is 18.2 Å². The molecule has 7 nitrogen and oxygen atoms in total. The third kappa shape index (κ3) is 4.97. The van der Waals surface area contributed by atoms with Gasteiger partial charge in [0.2, 0.25) is 5.82 Å². The van der Waals surface area contributed by atoms with Gasteiger partial charge in [-0.15, -0.1) is 10.2 Å². The zero-order valence-corrected chi connectivity index (χ0v) is 14.4. The lowest BCUT2D eigenvalue weighted by Gasteiger charge is -2.06.